The van der Waals surface area contributed by atoms with Gasteiger partial charge in [0.1, 0.15) is 11.4 Å². The number of aromatic nitrogens is 4. The molecule has 1 amide bonds. The van der Waals surface area contributed by atoms with Gasteiger partial charge in [0.15, 0.2) is 5.82 Å². The average Bonchev–Trinajstić information content (AvgIpc) is 3.36. The molecule has 4 rings (SSSR count). The normalized spacial score (nSPS) is 10.9. The molecule has 2 N–H and O–H groups in total. The maximum Gasteiger partial charge on any atom is 0.267 e. The topological polar surface area (TPSA) is 84.8 Å². The molecule has 4 aromatic rings. The number of ether oxygens (including phenoxy) is 1. The van der Waals surface area contributed by atoms with E-state index in [-0.39, 0.29) is 5.91 Å². The Morgan fingerprint density at radius 3 is 2.96 bits per heavy atom. The van der Waals surface area contributed by atoms with E-state index in [9.17, 15) is 4.79 Å². The molecule has 0 aliphatic heterocycles. The number of hydrogen-bond acceptors (Lipinski definition) is 4. The lowest BCUT2D eigenvalue weighted by Gasteiger charge is -2.09. The molecule has 0 bridgehead atoms. The SMILES string of the molecule is CCOc1ccc2cc(C(=O)NCc3cccnc3-n3cccn3)[nH]c2c1. The third-order valence-corrected chi connectivity index (χ3v) is 4.18. The third-order valence-electron chi connectivity index (χ3n) is 4.18. The van der Waals surface area contributed by atoms with Crippen molar-refractivity contribution >= 4 is 16.8 Å². The number of nitrogens with one attached hydrogen (secondary N) is 2. The maximum absolute atomic E-state index is 12.6. The summed E-state index contributed by atoms with van der Waals surface area (Å²) in [5.41, 5.74) is 2.25. The van der Waals surface area contributed by atoms with E-state index in [0.29, 0.717) is 24.7 Å². The summed E-state index contributed by atoms with van der Waals surface area (Å²) in [5.74, 6) is 1.29. The number of hydrogen-bond donors (Lipinski definition) is 2. The van der Waals surface area contributed by atoms with Crippen LogP contribution in [0.4, 0.5) is 0 Å². The molecule has 0 fully saturated rings. The minimum atomic E-state index is -0.181. The van der Waals surface area contributed by atoms with E-state index < -0.39 is 0 Å². The number of carbonyl (C=O) groups excluding carboxylic acids is 1. The van der Waals surface area contributed by atoms with E-state index in [1.54, 1.807) is 17.1 Å². The molecular weight excluding hydrogens is 342 g/mol. The number of H-pyrrole nitrogens is 1. The fourth-order valence-electron chi connectivity index (χ4n) is 2.92. The monoisotopic (exact) mass is 361 g/mol. The fraction of sp³-hybridized carbons (Fsp3) is 0.150. The van der Waals surface area contributed by atoms with E-state index >= 15 is 0 Å². The lowest BCUT2D eigenvalue weighted by molar-refractivity contribution is 0.0946. The highest BCUT2D eigenvalue weighted by atomic mass is 16.5. The van der Waals surface area contributed by atoms with Crippen molar-refractivity contribution in [1.29, 1.82) is 0 Å². The van der Waals surface area contributed by atoms with E-state index in [0.717, 1.165) is 22.2 Å². The van der Waals surface area contributed by atoms with Gasteiger partial charge in [0.2, 0.25) is 0 Å². The molecular formula is C20H19N5O2. The first-order valence-corrected chi connectivity index (χ1v) is 8.72. The van der Waals surface area contributed by atoms with E-state index in [1.165, 1.54) is 0 Å². The molecule has 1 aromatic carbocycles. The number of rotatable bonds is 6. The van der Waals surface area contributed by atoms with Gasteiger partial charge in [0.25, 0.3) is 5.91 Å². The van der Waals surface area contributed by atoms with Gasteiger partial charge < -0.3 is 15.0 Å². The van der Waals surface area contributed by atoms with Crippen LogP contribution in [0.15, 0.2) is 61.1 Å². The van der Waals surface area contributed by atoms with E-state index in [1.807, 2.05) is 55.6 Å². The van der Waals surface area contributed by atoms with Crippen LogP contribution >= 0.6 is 0 Å². The molecule has 0 radical (unpaired) electrons. The summed E-state index contributed by atoms with van der Waals surface area (Å²) in [6, 6.07) is 13.1. The van der Waals surface area contributed by atoms with Gasteiger partial charge in [-0.15, -0.1) is 0 Å². The van der Waals surface area contributed by atoms with Gasteiger partial charge in [-0.2, -0.15) is 5.10 Å². The molecule has 0 aliphatic rings. The molecule has 0 spiro atoms. The van der Waals surface area contributed by atoms with Gasteiger partial charge in [0, 0.05) is 47.7 Å². The van der Waals surface area contributed by atoms with Crippen molar-refractivity contribution in [2.75, 3.05) is 6.61 Å². The lowest BCUT2D eigenvalue weighted by atomic mass is 10.2. The quantitative estimate of drug-likeness (QED) is 0.553. The summed E-state index contributed by atoms with van der Waals surface area (Å²) in [6.07, 6.45) is 5.22. The Hall–Kier alpha value is -3.61. The molecule has 0 unspecified atom stereocenters. The number of fused-ring (bicyclic) bond motifs is 1. The highest BCUT2D eigenvalue weighted by molar-refractivity contribution is 5.98. The van der Waals surface area contributed by atoms with Gasteiger partial charge in [0.05, 0.1) is 6.61 Å². The van der Waals surface area contributed by atoms with Crippen molar-refractivity contribution in [2.24, 2.45) is 0 Å². The standard InChI is InChI=1S/C20H19N5O2/c1-2-27-16-7-6-14-11-18(24-17(14)12-16)20(26)22-13-15-5-3-8-21-19(15)25-10-4-9-23-25/h3-12,24H,2,13H2,1H3,(H,22,26). The van der Waals surface area contributed by atoms with Crippen LogP contribution in [0.25, 0.3) is 16.7 Å². The molecule has 7 heteroatoms. The largest absolute Gasteiger partial charge is 0.494 e. The second kappa shape index (κ2) is 7.33. The zero-order valence-corrected chi connectivity index (χ0v) is 14.8. The molecule has 0 atom stereocenters. The van der Waals surface area contributed by atoms with Crippen LogP contribution < -0.4 is 10.1 Å². The van der Waals surface area contributed by atoms with Gasteiger partial charge in [-0.1, -0.05) is 6.07 Å². The maximum atomic E-state index is 12.6. The Labute approximate surface area is 156 Å². The van der Waals surface area contributed by atoms with Crippen molar-refractivity contribution in [1.82, 2.24) is 25.1 Å². The second-order valence-corrected chi connectivity index (χ2v) is 5.98. The minimum Gasteiger partial charge on any atom is -0.494 e. The second-order valence-electron chi connectivity index (χ2n) is 5.98. The first-order valence-electron chi connectivity index (χ1n) is 8.72. The zero-order valence-electron chi connectivity index (χ0n) is 14.8. The van der Waals surface area contributed by atoms with Crippen molar-refractivity contribution in [2.45, 2.75) is 13.5 Å². The predicted octanol–water partition coefficient (Wildman–Crippen LogP) is 3.08. The number of aromatic amines is 1. The molecule has 7 nitrogen and oxygen atoms in total. The fourth-order valence-corrected chi connectivity index (χ4v) is 2.92. The van der Waals surface area contributed by atoms with Crippen molar-refractivity contribution in [3.8, 4) is 11.6 Å². The van der Waals surface area contributed by atoms with Crippen LogP contribution in [-0.4, -0.2) is 32.3 Å². The first kappa shape index (κ1) is 16.8. The number of nitrogens with zero attached hydrogens (tertiary/aromatic N) is 3. The predicted molar refractivity (Wildman–Crippen MR) is 102 cm³/mol. The Morgan fingerprint density at radius 2 is 2.15 bits per heavy atom. The smallest absolute Gasteiger partial charge is 0.267 e. The van der Waals surface area contributed by atoms with Gasteiger partial charge >= 0.3 is 0 Å². The average molecular weight is 361 g/mol. The molecule has 0 saturated carbocycles. The summed E-state index contributed by atoms with van der Waals surface area (Å²) in [4.78, 5) is 20.1. The first-order chi connectivity index (χ1) is 13.2. The highest BCUT2D eigenvalue weighted by Gasteiger charge is 2.12. The Kier molecular flexibility index (Phi) is 4.57. The minimum absolute atomic E-state index is 0.181. The van der Waals surface area contributed by atoms with Gasteiger partial charge in [-0.25, -0.2) is 9.67 Å². The Balaban J connectivity index is 1.51. The number of carbonyl (C=O) groups is 1. The molecule has 27 heavy (non-hydrogen) atoms. The molecule has 0 saturated heterocycles. The van der Waals surface area contributed by atoms with Gasteiger partial charge in [-0.05, 0) is 37.3 Å². The Bertz CT molecular complexity index is 1070. The number of pyridine rings is 1. The summed E-state index contributed by atoms with van der Waals surface area (Å²) < 4.78 is 7.18. The van der Waals surface area contributed by atoms with Crippen LogP contribution in [0, 0.1) is 0 Å². The Morgan fingerprint density at radius 1 is 1.22 bits per heavy atom. The molecule has 0 aliphatic carbocycles. The van der Waals surface area contributed by atoms with Crippen LogP contribution in [0.5, 0.6) is 5.75 Å². The van der Waals surface area contributed by atoms with Crippen molar-refractivity contribution < 1.29 is 9.53 Å². The molecule has 3 heterocycles. The molecule has 3 aromatic heterocycles. The van der Waals surface area contributed by atoms with Crippen LogP contribution in [-0.2, 0) is 6.54 Å². The van der Waals surface area contributed by atoms with Crippen LogP contribution in [0.3, 0.4) is 0 Å². The van der Waals surface area contributed by atoms with E-state index in [4.69, 9.17) is 4.74 Å². The van der Waals surface area contributed by atoms with Crippen LogP contribution in [0.1, 0.15) is 23.0 Å². The van der Waals surface area contributed by atoms with Crippen molar-refractivity contribution in [3.63, 3.8) is 0 Å². The summed E-state index contributed by atoms with van der Waals surface area (Å²) in [7, 11) is 0. The summed E-state index contributed by atoms with van der Waals surface area (Å²) in [6.45, 7) is 2.89. The third kappa shape index (κ3) is 3.52. The highest BCUT2D eigenvalue weighted by Crippen LogP contribution is 2.21. The molecule has 136 valence electrons. The summed E-state index contributed by atoms with van der Waals surface area (Å²) in [5, 5.41) is 8.10. The lowest BCUT2D eigenvalue weighted by Crippen LogP contribution is -2.24. The zero-order chi connectivity index (χ0) is 18.6. The summed E-state index contributed by atoms with van der Waals surface area (Å²) >= 11 is 0. The van der Waals surface area contributed by atoms with Crippen molar-refractivity contribution in [3.05, 3.63) is 72.3 Å². The van der Waals surface area contributed by atoms with Gasteiger partial charge in [-0.3, -0.25) is 4.79 Å². The number of amides is 1. The number of benzene rings is 1. The van der Waals surface area contributed by atoms with Crippen LogP contribution in [0.2, 0.25) is 0 Å². The van der Waals surface area contributed by atoms with E-state index in [2.05, 4.69) is 20.4 Å².